The average Bonchev–Trinajstić information content (AvgIpc) is 3.08. The lowest BCUT2D eigenvalue weighted by Crippen LogP contribution is -2.34. The predicted molar refractivity (Wildman–Crippen MR) is 73.4 cm³/mol. The largest absolute Gasteiger partial charge is 0.424 e. The maximum Gasteiger partial charge on any atom is 0.269 e. The molecule has 3 rings (SSSR count). The van der Waals surface area contributed by atoms with Crippen LogP contribution in [0.2, 0.25) is 0 Å². The van der Waals surface area contributed by atoms with Gasteiger partial charge in [0.2, 0.25) is 11.8 Å². The summed E-state index contributed by atoms with van der Waals surface area (Å²) in [6, 6.07) is 1.74. The zero-order valence-electron chi connectivity index (χ0n) is 11.9. The third kappa shape index (κ3) is 3.10. The molecule has 0 spiro atoms. The van der Waals surface area contributed by atoms with E-state index in [1.165, 1.54) is 0 Å². The van der Waals surface area contributed by atoms with Crippen molar-refractivity contribution in [1.82, 2.24) is 25.3 Å². The fourth-order valence-electron chi connectivity index (χ4n) is 2.72. The summed E-state index contributed by atoms with van der Waals surface area (Å²) in [5.41, 5.74) is 6.47. The Morgan fingerprint density at radius 2 is 2.43 bits per heavy atom. The van der Waals surface area contributed by atoms with Crippen LogP contribution >= 0.6 is 0 Å². The van der Waals surface area contributed by atoms with Gasteiger partial charge in [-0.2, -0.15) is 5.10 Å². The van der Waals surface area contributed by atoms with Crippen LogP contribution in [0.5, 0.6) is 0 Å². The van der Waals surface area contributed by atoms with Gasteiger partial charge in [0.15, 0.2) is 0 Å². The van der Waals surface area contributed by atoms with E-state index in [4.69, 9.17) is 10.2 Å². The number of nitrogens with zero attached hydrogens (tertiary/aromatic N) is 4. The fraction of sp³-hybridized carbons (Fsp3) is 0.538. The summed E-state index contributed by atoms with van der Waals surface area (Å²) >= 11 is 0. The van der Waals surface area contributed by atoms with Crippen LogP contribution in [-0.4, -0.2) is 44.3 Å². The number of aromatic amines is 1. The van der Waals surface area contributed by atoms with Gasteiger partial charge >= 0.3 is 0 Å². The maximum atomic E-state index is 11.1. The molecule has 1 fully saturated rings. The Bertz CT molecular complexity index is 634. The van der Waals surface area contributed by atoms with Gasteiger partial charge in [-0.3, -0.25) is 14.8 Å². The molecule has 0 saturated carbocycles. The Morgan fingerprint density at radius 3 is 3.10 bits per heavy atom. The fourth-order valence-corrected chi connectivity index (χ4v) is 2.72. The van der Waals surface area contributed by atoms with E-state index >= 15 is 0 Å². The van der Waals surface area contributed by atoms with E-state index in [2.05, 4.69) is 25.3 Å². The van der Waals surface area contributed by atoms with Gasteiger partial charge < -0.3 is 10.2 Å². The summed E-state index contributed by atoms with van der Waals surface area (Å²) in [5.74, 6) is 1.02. The summed E-state index contributed by atoms with van der Waals surface area (Å²) in [5, 5.41) is 14.7. The number of hydrogen-bond acceptors (Lipinski definition) is 6. The highest BCUT2D eigenvalue weighted by molar-refractivity contribution is 5.90. The normalized spacial score (nSPS) is 19.8. The Hall–Kier alpha value is -2.22. The van der Waals surface area contributed by atoms with E-state index in [0.717, 1.165) is 31.6 Å². The minimum atomic E-state index is -0.508. The van der Waals surface area contributed by atoms with Crippen LogP contribution < -0.4 is 5.73 Å². The minimum Gasteiger partial charge on any atom is -0.424 e. The Morgan fingerprint density at radius 1 is 1.57 bits per heavy atom. The molecule has 1 aliphatic rings. The summed E-state index contributed by atoms with van der Waals surface area (Å²) in [6.07, 6.45) is 2.13. The van der Waals surface area contributed by atoms with Gasteiger partial charge in [0.25, 0.3) is 5.91 Å². The average molecular weight is 290 g/mol. The second kappa shape index (κ2) is 5.65. The maximum absolute atomic E-state index is 11.1. The SMILES string of the molecule is Cc1nnc(CN2CCC[C@H](c3cc(C(N)=O)n[nH]3)C2)o1. The van der Waals surface area contributed by atoms with E-state index in [1.807, 2.05) is 0 Å². The zero-order valence-corrected chi connectivity index (χ0v) is 11.9. The number of aryl methyl sites for hydroxylation is 1. The molecule has 0 aromatic carbocycles. The molecule has 21 heavy (non-hydrogen) atoms. The Labute approximate surface area is 121 Å². The number of rotatable bonds is 4. The molecule has 1 amide bonds. The van der Waals surface area contributed by atoms with Crippen LogP contribution in [0.3, 0.4) is 0 Å². The van der Waals surface area contributed by atoms with Gasteiger partial charge in [0, 0.05) is 25.1 Å². The number of carbonyl (C=O) groups is 1. The van der Waals surface area contributed by atoms with Crippen molar-refractivity contribution in [3.63, 3.8) is 0 Å². The second-order valence-electron chi connectivity index (χ2n) is 5.36. The number of amides is 1. The van der Waals surface area contributed by atoms with E-state index < -0.39 is 5.91 Å². The van der Waals surface area contributed by atoms with Crippen LogP contribution in [0.4, 0.5) is 0 Å². The van der Waals surface area contributed by atoms with Gasteiger partial charge in [-0.1, -0.05) is 0 Å². The molecule has 0 bridgehead atoms. The number of nitrogens with two attached hydrogens (primary N) is 1. The molecule has 0 aliphatic carbocycles. The first-order valence-electron chi connectivity index (χ1n) is 6.98. The molecule has 1 saturated heterocycles. The first kappa shape index (κ1) is 13.7. The van der Waals surface area contributed by atoms with Crippen molar-refractivity contribution in [3.8, 4) is 0 Å². The van der Waals surface area contributed by atoms with E-state index in [9.17, 15) is 4.79 Å². The molecule has 3 N–H and O–H groups in total. The predicted octanol–water partition coefficient (Wildman–Crippen LogP) is 0.580. The topological polar surface area (TPSA) is 114 Å². The van der Waals surface area contributed by atoms with Crippen molar-refractivity contribution in [2.45, 2.75) is 32.2 Å². The summed E-state index contributed by atoms with van der Waals surface area (Å²) in [7, 11) is 0. The number of likely N-dealkylation sites (tertiary alicyclic amines) is 1. The van der Waals surface area contributed by atoms with Crippen molar-refractivity contribution in [2.75, 3.05) is 13.1 Å². The Kier molecular flexibility index (Phi) is 3.70. The van der Waals surface area contributed by atoms with Crippen LogP contribution in [0.25, 0.3) is 0 Å². The molecule has 1 aliphatic heterocycles. The lowest BCUT2D eigenvalue weighted by Gasteiger charge is -2.31. The number of nitrogens with one attached hydrogen (secondary N) is 1. The van der Waals surface area contributed by atoms with Crippen molar-refractivity contribution in [3.05, 3.63) is 29.2 Å². The number of primary amides is 1. The highest BCUT2D eigenvalue weighted by atomic mass is 16.4. The van der Waals surface area contributed by atoms with Crippen LogP contribution in [0.1, 0.15) is 46.7 Å². The standard InChI is InChI=1S/C13H18N6O2/c1-8-15-18-12(21-8)7-19-4-2-3-9(6-19)10-5-11(13(14)20)17-16-10/h5,9H,2-4,6-7H2,1H3,(H2,14,20)(H,16,17)/t9-/m0/s1. The minimum absolute atomic E-state index is 0.287. The second-order valence-corrected chi connectivity index (χ2v) is 5.36. The van der Waals surface area contributed by atoms with E-state index in [1.54, 1.807) is 13.0 Å². The first-order valence-corrected chi connectivity index (χ1v) is 6.98. The van der Waals surface area contributed by atoms with Gasteiger partial charge in [0.1, 0.15) is 5.69 Å². The van der Waals surface area contributed by atoms with Crippen LogP contribution in [0.15, 0.2) is 10.5 Å². The molecule has 2 aromatic heterocycles. The van der Waals surface area contributed by atoms with Crippen molar-refractivity contribution in [1.29, 1.82) is 0 Å². The quantitative estimate of drug-likeness (QED) is 0.851. The lowest BCUT2D eigenvalue weighted by atomic mass is 9.94. The Balaban J connectivity index is 1.66. The molecule has 112 valence electrons. The van der Waals surface area contributed by atoms with Crippen LogP contribution in [0, 0.1) is 6.92 Å². The highest BCUT2D eigenvalue weighted by Crippen LogP contribution is 2.26. The number of carbonyl (C=O) groups excluding carboxylic acids is 1. The van der Waals surface area contributed by atoms with Crippen molar-refractivity contribution >= 4 is 5.91 Å². The number of hydrogen-bond donors (Lipinski definition) is 2. The van der Waals surface area contributed by atoms with E-state index in [0.29, 0.717) is 24.2 Å². The van der Waals surface area contributed by atoms with Gasteiger partial charge in [-0.15, -0.1) is 10.2 Å². The lowest BCUT2D eigenvalue weighted by molar-refractivity contribution is 0.0995. The molecule has 0 unspecified atom stereocenters. The smallest absolute Gasteiger partial charge is 0.269 e. The van der Waals surface area contributed by atoms with Gasteiger partial charge in [0.05, 0.1) is 6.54 Å². The molecule has 1 atom stereocenters. The summed E-state index contributed by atoms with van der Waals surface area (Å²) < 4.78 is 5.42. The van der Waals surface area contributed by atoms with Crippen molar-refractivity contribution in [2.24, 2.45) is 5.73 Å². The number of H-pyrrole nitrogens is 1. The van der Waals surface area contributed by atoms with E-state index in [-0.39, 0.29) is 5.69 Å². The third-order valence-electron chi connectivity index (χ3n) is 3.72. The van der Waals surface area contributed by atoms with Crippen LogP contribution in [-0.2, 0) is 6.54 Å². The summed E-state index contributed by atoms with van der Waals surface area (Å²) in [4.78, 5) is 13.4. The molecule has 8 nitrogen and oxygen atoms in total. The molecule has 0 radical (unpaired) electrons. The highest BCUT2D eigenvalue weighted by Gasteiger charge is 2.24. The molecular formula is C13H18N6O2. The van der Waals surface area contributed by atoms with Crippen molar-refractivity contribution < 1.29 is 9.21 Å². The third-order valence-corrected chi connectivity index (χ3v) is 3.72. The van der Waals surface area contributed by atoms with Gasteiger partial charge in [-0.25, -0.2) is 0 Å². The molecule has 3 heterocycles. The van der Waals surface area contributed by atoms with Gasteiger partial charge in [-0.05, 0) is 25.5 Å². The molecule has 8 heteroatoms. The molecule has 2 aromatic rings. The summed E-state index contributed by atoms with van der Waals surface area (Å²) in [6.45, 7) is 4.29. The monoisotopic (exact) mass is 290 g/mol. The first-order chi connectivity index (χ1) is 10.1. The number of aromatic nitrogens is 4. The zero-order chi connectivity index (χ0) is 14.8. The molecular weight excluding hydrogens is 272 g/mol. The number of piperidine rings is 1.